The molecular formula is C16H13N3O2S. The first kappa shape index (κ1) is 13.2. The largest absolute Gasteiger partial charge is 0.334 e. The Hall–Kier alpha value is -2.47. The molecule has 110 valence electrons. The molecule has 0 fully saturated rings. The first-order valence-electron chi connectivity index (χ1n) is 7.05. The zero-order chi connectivity index (χ0) is 15.1. The molecule has 4 rings (SSSR count). The standard InChI is InChI=1S/C16H13N3O2S/c20-14(13-9-17-16-19(15(13)21)7-8-22-16)18-6-5-11-3-1-2-4-12(11)10-18/h1-4,7-9H,5-6,10H2. The van der Waals surface area contributed by atoms with Crippen molar-refractivity contribution in [3.63, 3.8) is 0 Å². The fourth-order valence-electron chi connectivity index (χ4n) is 2.81. The summed E-state index contributed by atoms with van der Waals surface area (Å²) < 4.78 is 1.43. The zero-order valence-electron chi connectivity index (χ0n) is 11.7. The van der Waals surface area contributed by atoms with Crippen LogP contribution in [0.15, 0.2) is 46.8 Å². The Labute approximate surface area is 130 Å². The second kappa shape index (κ2) is 5.06. The van der Waals surface area contributed by atoms with Gasteiger partial charge in [0.25, 0.3) is 11.5 Å². The van der Waals surface area contributed by atoms with Gasteiger partial charge in [0.15, 0.2) is 4.96 Å². The van der Waals surface area contributed by atoms with Crippen molar-refractivity contribution in [2.45, 2.75) is 13.0 Å². The number of hydrogen-bond donors (Lipinski definition) is 0. The van der Waals surface area contributed by atoms with Crippen LogP contribution in [-0.2, 0) is 13.0 Å². The van der Waals surface area contributed by atoms with Crippen LogP contribution in [0.4, 0.5) is 0 Å². The van der Waals surface area contributed by atoms with E-state index in [0.29, 0.717) is 18.1 Å². The van der Waals surface area contributed by atoms with Crippen LogP contribution >= 0.6 is 11.3 Å². The van der Waals surface area contributed by atoms with Crippen LogP contribution < -0.4 is 5.56 Å². The predicted octanol–water partition coefficient (Wildman–Crippen LogP) is 1.95. The second-order valence-corrected chi connectivity index (χ2v) is 6.15. The van der Waals surface area contributed by atoms with E-state index in [4.69, 9.17) is 0 Å². The van der Waals surface area contributed by atoms with Crippen LogP contribution in [0.1, 0.15) is 21.5 Å². The molecule has 0 radical (unpaired) electrons. The van der Waals surface area contributed by atoms with Crippen LogP contribution in [0.5, 0.6) is 0 Å². The third kappa shape index (κ3) is 2.03. The number of carbonyl (C=O) groups is 1. The van der Waals surface area contributed by atoms with Gasteiger partial charge in [0.05, 0.1) is 0 Å². The number of aromatic nitrogens is 2. The van der Waals surface area contributed by atoms with Gasteiger partial charge in [-0.25, -0.2) is 4.98 Å². The summed E-state index contributed by atoms with van der Waals surface area (Å²) in [5.74, 6) is -0.243. The number of rotatable bonds is 1. The highest BCUT2D eigenvalue weighted by molar-refractivity contribution is 7.15. The fraction of sp³-hybridized carbons (Fsp3) is 0.188. The van der Waals surface area contributed by atoms with E-state index in [0.717, 1.165) is 12.0 Å². The second-order valence-electron chi connectivity index (χ2n) is 5.28. The number of carbonyl (C=O) groups excluding carboxylic acids is 1. The average molecular weight is 311 g/mol. The molecule has 1 amide bonds. The maximum Gasteiger partial charge on any atom is 0.271 e. The first-order chi connectivity index (χ1) is 10.7. The van der Waals surface area contributed by atoms with Crippen LogP contribution in [0.25, 0.3) is 4.96 Å². The summed E-state index contributed by atoms with van der Waals surface area (Å²) in [4.78, 5) is 31.6. The molecule has 3 heterocycles. The monoisotopic (exact) mass is 311 g/mol. The van der Waals surface area contributed by atoms with Crippen LogP contribution in [0, 0.1) is 0 Å². The van der Waals surface area contributed by atoms with E-state index in [1.54, 1.807) is 16.5 Å². The lowest BCUT2D eigenvalue weighted by Crippen LogP contribution is -2.39. The Morgan fingerprint density at radius 2 is 2.05 bits per heavy atom. The van der Waals surface area contributed by atoms with E-state index in [-0.39, 0.29) is 17.0 Å². The van der Waals surface area contributed by atoms with E-state index < -0.39 is 0 Å². The summed E-state index contributed by atoms with van der Waals surface area (Å²) in [6, 6.07) is 8.10. The minimum atomic E-state index is -0.296. The molecule has 0 bridgehead atoms. The summed E-state index contributed by atoms with van der Waals surface area (Å²) in [6.45, 7) is 1.17. The lowest BCUT2D eigenvalue weighted by Gasteiger charge is -2.28. The molecule has 6 heteroatoms. The molecule has 0 unspecified atom stereocenters. The lowest BCUT2D eigenvalue weighted by atomic mass is 9.99. The molecule has 5 nitrogen and oxygen atoms in total. The number of nitrogens with zero attached hydrogens (tertiary/aromatic N) is 3. The van der Waals surface area contributed by atoms with Gasteiger partial charge < -0.3 is 4.90 Å². The molecule has 0 saturated carbocycles. The van der Waals surface area contributed by atoms with Gasteiger partial charge in [-0.3, -0.25) is 14.0 Å². The van der Waals surface area contributed by atoms with Gasteiger partial charge in [0.2, 0.25) is 0 Å². The molecule has 0 atom stereocenters. The van der Waals surface area contributed by atoms with E-state index in [2.05, 4.69) is 11.1 Å². The molecular weight excluding hydrogens is 298 g/mol. The Morgan fingerprint density at radius 1 is 1.23 bits per heavy atom. The minimum Gasteiger partial charge on any atom is -0.334 e. The number of benzene rings is 1. The quantitative estimate of drug-likeness (QED) is 0.690. The van der Waals surface area contributed by atoms with Gasteiger partial charge in [0, 0.05) is 30.9 Å². The van der Waals surface area contributed by atoms with Crippen molar-refractivity contribution >= 4 is 22.2 Å². The average Bonchev–Trinajstić information content (AvgIpc) is 3.04. The number of hydrogen-bond acceptors (Lipinski definition) is 4. The van der Waals surface area contributed by atoms with Crippen molar-refractivity contribution in [2.24, 2.45) is 0 Å². The van der Waals surface area contributed by atoms with Gasteiger partial charge in [-0.1, -0.05) is 24.3 Å². The molecule has 0 N–H and O–H groups in total. The Balaban J connectivity index is 1.70. The Bertz CT molecular complexity index is 928. The summed E-state index contributed by atoms with van der Waals surface area (Å²) >= 11 is 1.38. The molecule has 2 aromatic heterocycles. The van der Waals surface area contributed by atoms with Gasteiger partial charge in [-0.15, -0.1) is 11.3 Å². The Kier molecular flexibility index (Phi) is 3.04. The van der Waals surface area contributed by atoms with Crippen molar-refractivity contribution in [3.8, 4) is 0 Å². The maximum absolute atomic E-state index is 12.7. The third-order valence-electron chi connectivity index (χ3n) is 3.99. The molecule has 1 aliphatic heterocycles. The molecule has 1 aromatic carbocycles. The molecule has 3 aromatic rings. The van der Waals surface area contributed by atoms with Gasteiger partial charge in [-0.05, 0) is 17.5 Å². The van der Waals surface area contributed by atoms with Gasteiger partial charge in [-0.2, -0.15) is 0 Å². The normalized spacial score (nSPS) is 14.1. The molecule has 0 aliphatic carbocycles. The SMILES string of the molecule is O=C(c1cnc2sccn2c1=O)N1CCc2ccccc2C1. The molecule has 0 spiro atoms. The highest BCUT2D eigenvalue weighted by Gasteiger charge is 2.24. The predicted molar refractivity (Wildman–Crippen MR) is 84.2 cm³/mol. The number of thiazole rings is 1. The van der Waals surface area contributed by atoms with Crippen LogP contribution in [0.2, 0.25) is 0 Å². The van der Waals surface area contributed by atoms with Gasteiger partial charge >= 0.3 is 0 Å². The zero-order valence-corrected chi connectivity index (χ0v) is 12.5. The third-order valence-corrected chi connectivity index (χ3v) is 4.76. The van der Waals surface area contributed by atoms with Crippen molar-refractivity contribution in [1.29, 1.82) is 0 Å². The minimum absolute atomic E-state index is 0.135. The number of amides is 1. The van der Waals surface area contributed by atoms with Crippen LogP contribution in [-0.4, -0.2) is 26.7 Å². The molecule has 22 heavy (non-hydrogen) atoms. The van der Waals surface area contributed by atoms with Crippen LogP contribution in [0.3, 0.4) is 0 Å². The van der Waals surface area contributed by atoms with Crippen molar-refractivity contribution < 1.29 is 4.79 Å². The van der Waals surface area contributed by atoms with E-state index in [1.807, 2.05) is 18.2 Å². The molecule has 1 aliphatic rings. The summed E-state index contributed by atoms with van der Waals surface area (Å²) in [6.07, 6.45) is 3.87. The van der Waals surface area contributed by atoms with Gasteiger partial charge in [0.1, 0.15) is 5.56 Å². The summed E-state index contributed by atoms with van der Waals surface area (Å²) in [5, 5.41) is 1.79. The fourth-order valence-corrected chi connectivity index (χ4v) is 3.49. The molecule has 0 saturated heterocycles. The van der Waals surface area contributed by atoms with Crippen molar-refractivity contribution in [2.75, 3.05) is 6.54 Å². The van der Waals surface area contributed by atoms with E-state index in [1.165, 1.54) is 27.5 Å². The highest BCUT2D eigenvalue weighted by Crippen LogP contribution is 2.19. The van der Waals surface area contributed by atoms with Crippen molar-refractivity contribution in [3.05, 3.63) is 69.1 Å². The topological polar surface area (TPSA) is 54.7 Å². The van der Waals surface area contributed by atoms with E-state index >= 15 is 0 Å². The first-order valence-corrected chi connectivity index (χ1v) is 7.93. The Morgan fingerprint density at radius 3 is 2.91 bits per heavy atom. The maximum atomic E-state index is 12.7. The number of fused-ring (bicyclic) bond motifs is 2. The van der Waals surface area contributed by atoms with E-state index in [9.17, 15) is 9.59 Å². The summed E-state index contributed by atoms with van der Waals surface area (Å²) in [5.41, 5.74) is 2.26. The highest BCUT2D eigenvalue weighted by atomic mass is 32.1. The summed E-state index contributed by atoms with van der Waals surface area (Å²) in [7, 11) is 0. The lowest BCUT2D eigenvalue weighted by molar-refractivity contribution is 0.0732. The smallest absolute Gasteiger partial charge is 0.271 e. The van der Waals surface area contributed by atoms with Crippen molar-refractivity contribution in [1.82, 2.24) is 14.3 Å².